The Morgan fingerprint density at radius 2 is 1.74 bits per heavy atom. The molecule has 3 atom stereocenters. The molecule has 0 N–H and O–H groups in total. The lowest BCUT2D eigenvalue weighted by molar-refractivity contribution is -0.149. The molecular weight excluding hydrogens is 304 g/mol. The molecule has 7 heteroatoms. The lowest BCUT2D eigenvalue weighted by Gasteiger charge is -2.20. The van der Waals surface area contributed by atoms with Gasteiger partial charge in [-0.3, -0.25) is 0 Å². The highest BCUT2D eigenvalue weighted by atomic mass is 16.8. The topological polar surface area (TPSA) is 64.6 Å². The van der Waals surface area contributed by atoms with E-state index < -0.39 is 5.79 Å². The van der Waals surface area contributed by atoms with Crippen LogP contribution >= 0.6 is 0 Å². The molecule has 2 rings (SSSR count). The van der Waals surface area contributed by atoms with E-state index in [2.05, 4.69) is 0 Å². The highest BCUT2D eigenvalue weighted by molar-refractivity contribution is 4.74. The van der Waals surface area contributed by atoms with Gasteiger partial charge in [-0.25, -0.2) is 0 Å². The van der Waals surface area contributed by atoms with Crippen LogP contribution in [-0.4, -0.2) is 76.6 Å². The molecular formula is C16H30O7. The average Bonchev–Trinajstić information content (AvgIpc) is 2.99. The van der Waals surface area contributed by atoms with Crippen molar-refractivity contribution >= 4 is 0 Å². The number of hydrogen-bond donors (Lipinski definition) is 0. The van der Waals surface area contributed by atoms with Gasteiger partial charge in [-0.2, -0.15) is 0 Å². The molecule has 2 fully saturated rings. The van der Waals surface area contributed by atoms with E-state index in [0.717, 1.165) is 0 Å². The molecule has 2 heterocycles. The van der Waals surface area contributed by atoms with Crippen LogP contribution in [0.15, 0.2) is 0 Å². The average molecular weight is 334 g/mol. The van der Waals surface area contributed by atoms with Crippen LogP contribution < -0.4 is 0 Å². The van der Waals surface area contributed by atoms with Gasteiger partial charge in [0.1, 0.15) is 12.2 Å². The van der Waals surface area contributed by atoms with Crippen LogP contribution in [-0.2, 0) is 33.2 Å². The molecule has 0 amide bonds. The quantitative estimate of drug-likeness (QED) is 0.630. The van der Waals surface area contributed by atoms with Crippen LogP contribution in [0.4, 0.5) is 0 Å². The summed E-state index contributed by atoms with van der Waals surface area (Å²) in [6, 6.07) is 0. The van der Waals surface area contributed by atoms with Gasteiger partial charge in [0.05, 0.1) is 45.2 Å². The van der Waals surface area contributed by atoms with Crippen molar-refractivity contribution in [2.24, 2.45) is 0 Å². The van der Waals surface area contributed by atoms with E-state index in [1.807, 2.05) is 27.7 Å². The molecule has 3 unspecified atom stereocenters. The molecule has 0 aromatic carbocycles. The molecule has 0 bridgehead atoms. The summed E-state index contributed by atoms with van der Waals surface area (Å²) < 4.78 is 39.0. The summed E-state index contributed by atoms with van der Waals surface area (Å²) in [6.07, 6.45) is -0.486. The standard InChI is InChI=1S/C16H30O7/c1-15(2)11-20-14(23-15)10-19-7-12(17-5)6-18-8-13-9-21-16(3,4)22-13/h12-14H,6-11H2,1-5H3. The van der Waals surface area contributed by atoms with Crippen LogP contribution in [0.5, 0.6) is 0 Å². The summed E-state index contributed by atoms with van der Waals surface area (Å²) in [4.78, 5) is 0. The van der Waals surface area contributed by atoms with Gasteiger partial charge in [0.2, 0.25) is 0 Å². The Balaban J connectivity index is 1.55. The van der Waals surface area contributed by atoms with Crippen LogP contribution in [0, 0.1) is 0 Å². The Labute approximate surface area is 138 Å². The first-order valence-corrected chi connectivity index (χ1v) is 8.09. The van der Waals surface area contributed by atoms with Crippen molar-refractivity contribution in [2.75, 3.05) is 46.8 Å². The van der Waals surface area contributed by atoms with E-state index in [4.69, 9.17) is 33.2 Å². The van der Waals surface area contributed by atoms with Crippen molar-refractivity contribution < 1.29 is 33.2 Å². The number of methoxy groups -OCH3 is 1. The Morgan fingerprint density at radius 3 is 2.26 bits per heavy atom. The maximum Gasteiger partial charge on any atom is 0.181 e. The third-order valence-electron chi connectivity index (χ3n) is 3.63. The minimum atomic E-state index is -0.521. The van der Waals surface area contributed by atoms with Crippen molar-refractivity contribution in [3.63, 3.8) is 0 Å². The van der Waals surface area contributed by atoms with E-state index in [1.54, 1.807) is 7.11 Å². The van der Waals surface area contributed by atoms with Crippen molar-refractivity contribution in [2.45, 2.75) is 57.6 Å². The molecule has 0 saturated carbocycles. The first-order chi connectivity index (χ1) is 10.8. The smallest absolute Gasteiger partial charge is 0.181 e. The zero-order valence-corrected chi connectivity index (χ0v) is 14.8. The second kappa shape index (κ2) is 8.20. The van der Waals surface area contributed by atoms with E-state index >= 15 is 0 Å². The van der Waals surface area contributed by atoms with Crippen molar-refractivity contribution in [3.8, 4) is 0 Å². The summed E-state index contributed by atoms with van der Waals surface area (Å²) in [5.41, 5.74) is -0.241. The van der Waals surface area contributed by atoms with Crippen LogP contribution in [0.1, 0.15) is 27.7 Å². The lowest BCUT2D eigenvalue weighted by Crippen LogP contribution is -2.30. The van der Waals surface area contributed by atoms with Gasteiger partial charge in [-0.05, 0) is 27.7 Å². The summed E-state index contributed by atoms with van der Waals surface area (Å²) in [5.74, 6) is -0.521. The third-order valence-corrected chi connectivity index (χ3v) is 3.63. The zero-order valence-electron chi connectivity index (χ0n) is 14.8. The first kappa shape index (κ1) is 19.1. The van der Waals surface area contributed by atoms with Crippen molar-refractivity contribution in [3.05, 3.63) is 0 Å². The van der Waals surface area contributed by atoms with E-state index in [1.165, 1.54) is 0 Å². The van der Waals surface area contributed by atoms with Gasteiger partial charge in [-0.1, -0.05) is 0 Å². The predicted octanol–water partition coefficient (Wildman–Crippen LogP) is 1.34. The number of hydrogen-bond acceptors (Lipinski definition) is 7. The maximum absolute atomic E-state index is 5.68. The van der Waals surface area contributed by atoms with Crippen LogP contribution in [0.2, 0.25) is 0 Å². The molecule has 0 spiro atoms. The molecule has 2 saturated heterocycles. The molecule has 0 aromatic heterocycles. The minimum Gasteiger partial charge on any atom is -0.377 e. The molecule has 2 aliphatic heterocycles. The third kappa shape index (κ3) is 6.62. The summed E-state index contributed by atoms with van der Waals surface area (Å²) in [7, 11) is 1.64. The Hall–Kier alpha value is -0.280. The van der Waals surface area contributed by atoms with Gasteiger partial charge >= 0.3 is 0 Å². The van der Waals surface area contributed by atoms with Gasteiger partial charge in [0.15, 0.2) is 12.1 Å². The molecule has 7 nitrogen and oxygen atoms in total. The molecule has 2 aliphatic rings. The highest BCUT2D eigenvalue weighted by Crippen LogP contribution is 2.23. The Morgan fingerprint density at radius 1 is 1.04 bits per heavy atom. The molecule has 0 aromatic rings. The van der Waals surface area contributed by atoms with Gasteiger partial charge in [0.25, 0.3) is 0 Å². The molecule has 0 aliphatic carbocycles. The van der Waals surface area contributed by atoms with E-state index in [9.17, 15) is 0 Å². The second-order valence-electron chi connectivity index (χ2n) is 7.00. The fraction of sp³-hybridized carbons (Fsp3) is 1.00. The van der Waals surface area contributed by atoms with Crippen LogP contribution in [0.3, 0.4) is 0 Å². The summed E-state index contributed by atoms with van der Waals surface area (Å²) in [6.45, 7) is 10.6. The molecule has 136 valence electrons. The van der Waals surface area contributed by atoms with Crippen LogP contribution in [0.25, 0.3) is 0 Å². The minimum absolute atomic E-state index is 0.0362. The van der Waals surface area contributed by atoms with Crippen molar-refractivity contribution in [1.29, 1.82) is 0 Å². The predicted molar refractivity (Wildman–Crippen MR) is 82.2 cm³/mol. The van der Waals surface area contributed by atoms with Gasteiger partial charge < -0.3 is 33.2 Å². The Kier molecular flexibility index (Phi) is 6.79. The monoisotopic (exact) mass is 334 g/mol. The maximum atomic E-state index is 5.68. The summed E-state index contributed by atoms with van der Waals surface area (Å²) >= 11 is 0. The fourth-order valence-electron chi connectivity index (χ4n) is 2.46. The molecule has 0 radical (unpaired) electrons. The largest absolute Gasteiger partial charge is 0.377 e. The lowest BCUT2D eigenvalue weighted by atomic mass is 10.2. The fourth-order valence-corrected chi connectivity index (χ4v) is 2.46. The number of ether oxygens (including phenoxy) is 7. The van der Waals surface area contributed by atoms with Gasteiger partial charge in [-0.15, -0.1) is 0 Å². The highest BCUT2D eigenvalue weighted by Gasteiger charge is 2.33. The van der Waals surface area contributed by atoms with E-state index in [-0.39, 0.29) is 24.1 Å². The SMILES string of the molecule is COC(COCC1COC(C)(C)O1)COCC1OCC(C)(C)O1. The van der Waals surface area contributed by atoms with E-state index in [0.29, 0.717) is 39.6 Å². The normalized spacial score (nSPS) is 30.7. The van der Waals surface area contributed by atoms with Crippen molar-refractivity contribution in [1.82, 2.24) is 0 Å². The Bertz CT molecular complexity index is 326. The summed E-state index contributed by atoms with van der Waals surface area (Å²) in [5, 5.41) is 0. The van der Waals surface area contributed by atoms with Gasteiger partial charge in [0, 0.05) is 7.11 Å². The first-order valence-electron chi connectivity index (χ1n) is 8.09. The number of rotatable bonds is 9. The second-order valence-corrected chi connectivity index (χ2v) is 7.00. The molecule has 23 heavy (non-hydrogen) atoms. The zero-order chi connectivity index (χ0) is 16.9.